The van der Waals surface area contributed by atoms with Crippen LogP contribution in [0.25, 0.3) is 11.3 Å². The van der Waals surface area contributed by atoms with Crippen molar-refractivity contribution in [3.63, 3.8) is 0 Å². The average Bonchev–Trinajstić information content (AvgIpc) is 3.68. The van der Waals surface area contributed by atoms with Gasteiger partial charge in [-0.25, -0.2) is 9.37 Å². The van der Waals surface area contributed by atoms with Gasteiger partial charge in [0.05, 0.1) is 30.9 Å². The van der Waals surface area contributed by atoms with E-state index in [-0.39, 0.29) is 30.3 Å². The number of carbonyl (C=O) groups is 1. The molecule has 3 aromatic rings. The predicted molar refractivity (Wildman–Crippen MR) is 151 cm³/mol. The minimum absolute atomic E-state index is 0.174. The van der Waals surface area contributed by atoms with Gasteiger partial charge < -0.3 is 24.4 Å². The van der Waals surface area contributed by atoms with E-state index in [1.165, 1.54) is 29.9 Å². The molecule has 7 nitrogen and oxygen atoms in total. The number of carbonyl (C=O) groups excluding carboxylic acids is 1. The van der Waals surface area contributed by atoms with Crippen LogP contribution in [0.15, 0.2) is 48.5 Å². The number of para-hydroxylation sites is 1. The Labute approximate surface area is 234 Å². The van der Waals surface area contributed by atoms with Gasteiger partial charge in [-0.15, -0.1) is 0 Å². The summed E-state index contributed by atoms with van der Waals surface area (Å²) in [5, 5.41) is 3.46. The maximum atomic E-state index is 15.2. The molecule has 0 radical (unpaired) electrons. The molecule has 2 aliphatic heterocycles. The van der Waals surface area contributed by atoms with E-state index in [1.54, 1.807) is 13.2 Å². The lowest BCUT2D eigenvalue weighted by molar-refractivity contribution is -0.148. The van der Waals surface area contributed by atoms with Crippen LogP contribution in [0.2, 0.25) is 0 Å². The second kappa shape index (κ2) is 10.8. The lowest BCUT2D eigenvalue weighted by atomic mass is 9.94. The number of aromatic nitrogens is 1. The van der Waals surface area contributed by atoms with Crippen molar-refractivity contribution in [1.82, 2.24) is 10.3 Å². The Morgan fingerprint density at radius 1 is 1.12 bits per heavy atom. The molecule has 3 atom stereocenters. The molecular formula is C32H36FN3O4. The Kier molecular flexibility index (Phi) is 7.23. The number of hydrogen-bond donors (Lipinski definition) is 1. The first kappa shape index (κ1) is 26.7. The summed E-state index contributed by atoms with van der Waals surface area (Å²) in [6.07, 6.45) is 2.79. The van der Waals surface area contributed by atoms with E-state index >= 15 is 4.39 Å². The van der Waals surface area contributed by atoms with E-state index in [2.05, 4.69) is 29.3 Å². The molecule has 1 saturated carbocycles. The fourth-order valence-corrected chi connectivity index (χ4v) is 6.75. The largest absolute Gasteiger partial charge is 0.485 e. The summed E-state index contributed by atoms with van der Waals surface area (Å²) in [6.45, 7) is 5.43. The zero-order valence-electron chi connectivity index (χ0n) is 23.3. The molecule has 40 heavy (non-hydrogen) atoms. The molecule has 210 valence electrons. The minimum atomic E-state index is -0.558. The second-order valence-electron chi connectivity index (χ2n) is 11.1. The van der Waals surface area contributed by atoms with Crippen molar-refractivity contribution in [3.05, 3.63) is 76.6 Å². The number of fused-ring (bicyclic) bond motifs is 2. The second-order valence-corrected chi connectivity index (χ2v) is 11.1. The molecular weight excluding hydrogens is 509 g/mol. The first-order valence-corrected chi connectivity index (χ1v) is 14.0. The van der Waals surface area contributed by atoms with Gasteiger partial charge in [-0.1, -0.05) is 24.3 Å². The van der Waals surface area contributed by atoms with Gasteiger partial charge in [-0.2, -0.15) is 0 Å². The van der Waals surface area contributed by atoms with Crippen LogP contribution in [0.5, 0.6) is 5.75 Å². The van der Waals surface area contributed by atoms with Crippen molar-refractivity contribution < 1.29 is 23.4 Å². The quantitative estimate of drug-likeness (QED) is 0.419. The summed E-state index contributed by atoms with van der Waals surface area (Å²) in [7, 11) is 3.08. The third-order valence-corrected chi connectivity index (χ3v) is 9.00. The highest BCUT2D eigenvalue weighted by Crippen LogP contribution is 2.62. The van der Waals surface area contributed by atoms with Crippen LogP contribution in [0.1, 0.15) is 28.7 Å². The van der Waals surface area contributed by atoms with Crippen LogP contribution in [0.3, 0.4) is 0 Å². The van der Waals surface area contributed by atoms with Gasteiger partial charge >= 0.3 is 5.97 Å². The number of nitrogens with one attached hydrogen (secondary N) is 1. The Balaban J connectivity index is 1.28. The molecule has 3 heterocycles. The van der Waals surface area contributed by atoms with Crippen molar-refractivity contribution in [2.24, 2.45) is 11.3 Å². The predicted octanol–water partition coefficient (Wildman–Crippen LogP) is 4.48. The molecule has 1 N–H and O–H groups in total. The summed E-state index contributed by atoms with van der Waals surface area (Å²) in [5.74, 6) is 0.500. The van der Waals surface area contributed by atoms with Crippen LogP contribution in [-0.2, 0) is 33.7 Å². The Morgan fingerprint density at radius 2 is 1.95 bits per heavy atom. The van der Waals surface area contributed by atoms with E-state index in [1.807, 2.05) is 24.3 Å². The Hall–Kier alpha value is -3.49. The van der Waals surface area contributed by atoms with Gasteiger partial charge in [0.1, 0.15) is 12.4 Å². The fraction of sp³-hybridized carbons (Fsp3) is 0.438. The van der Waals surface area contributed by atoms with Crippen molar-refractivity contribution >= 4 is 11.8 Å². The van der Waals surface area contributed by atoms with Gasteiger partial charge in [-0.3, -0.25) is 4.79 Å². The summed E-state index contributed by atoms with van der Waals surface area (Å²) in [4.78, 5) is 19.8. The SMILES string of the molecule is COC[C@H]1N(c2cccc(-c3cccc(F)c3OCc3ccc4c(c3C)CCNCC4)n2)C[C@@H]2C[C@@]21C(=O)OC. The van der Waals surface area contributed by atoms with Crippen LogP contribution < -0.4 is 15.0 Å². The molecule has 1 aromatic heterocycles. The molecule has 6 rings (SSSR count). The molecule has 0 unspecified atom stereocenters. The van der Waals surface area contributed by atoms with Gasteiger partial charge in [-0.05, 0) is 91.7 Å². The van der Waals surface area contributed by atoms with Crippen LogP contribution in [-0.4, -0.2) is 57.5 Å². The molecule has 8 heteroatoms. The van der Waals surface area contributed by atoms with Crippen molar-refractivity contribution in [2.75, 3.05) is 45.4 Å². The number of hydrogen-bond acceptors (Lipinski definition) is 7. The number of piperidine rings is 1. The number of pyridine rings is 1. The van der Waals surface area contributed by atoms with E-state index in [9.17, 15) is 4.79 Å². The number of anilines is 1. The molecule has 0 bridgehead atoms. The number of nitrogens with zero attached hydrogens (tertiary/aromatic N) is 2. The minimum Gasteiger partial charge on any atom is -0.485 e. The molecule has 0 amide bonds. The molecule has 0 spiro atoms. The van der Waals surface area contributed by atoms with Crippen molar-refractivity contribution in [3.8, 4) is 17.0 Å². The molecule has 3 aliphatic rings. The van der Waals surface area contributed by atoms with Crippen molar-refractivity contribution in [1.29, 1.82) is 0 Å². The van der Waals surface area contributed by atoms with Crippen LogP contribution in [0.4, 0.5) is 10.2 Å². The third-order valence-electron chi connectivity index (χ3n) is 9.00. The van der Waals surface area contributed by atoms with Gasteiger partial charge in [0.25, 0.3) is 0 Å². The fourth-order valence-electron chi connectivity index (χ4n) is 6.75. The maximum absolute atomic E-state index is 15.2. The first-order valence-electron chi connectivity index (χ1n) is 14.0. The average molecular weight is 546 g/mol. The smallest absolute Gasteiger partial charge is 0.314 e. The van der Waals surface area contributed by atoms with Gasteiger partial charge in [0, 0.05) is 19.2 Å². The Morgan fingerprint density at radius 3 is 2.77 bits per heavy atom. The first-order chi connectivity index (χ1) is 19.5. The van der Waals surface area contributed by atoms with E-state index in [4.69, 9.17) is 19.2 Å². The van der Waals surface area contributed by atoms with E-state index in [0.29, 0.717) is 24.4 Å². The van der Waals surface area contributed by atoms with Gasteiger partial charge in [0.2, 0.25) is 0 Å². The lowest BCUT2D eigenvalue weighted by Gasteiger charge is -2.31. The van der Waals surface area contributed by atoms with E-state index in [0.717, 1.165) is 43.7 Å². The number of rotatable bonds is 8. The summed E-state index contributed by atoms with van der Waals surface area (Å²) in [5.41, 5.74) is 5.66. The topological polar surface area (TPSA) is 72.9 Å². The standard InChI is InChI=1S/C32H36FN3O4/c1-20-22(11-10-21-12-14-34-15-13-24(20)21)18-40-30-25(6-4-7-26(30)33)27-8-5-9-29(35-27)36-17-23-16-32(23,31(37)39-3)28(36)19-38-2/h4-11,23,28,34H,12-19H2,1-3H3/t23-,28+,32+/m0/s1. The normalized spacial score (nSPS) is 23.2. The molecule has 2 aromatic carbocycles. The third kappa shape index (κ3) is 4.53. The number of halogens is 1. The zero-order chi connectivity index (χ0) is 27.9. The molecule has 1 aliphatic carbocycles. The summed E-state index contributed by atoms with van der Waals surface area (Å²) >= 11 is 0. The number of benzene rings is 2. The summed E-state index contributed by atoms with van der Waals surface area (Å²) in [6, 6.07) is 14.7. The number of ether oxygens (including phenoxy) is 3. The zero-order valence-corrected chi connectivity index (χ0v) is 23.3. The molecule has 2 fully saturated rings. The highest BCUT2D eigenvalue weighted by Gasteiger charge is 2.71. The van der Waals surface area contributed by atoms with E-state index < -0.39 is 11.2 Å². The monoisotopic (exact) mass is 545 g/mol. The van der Waals surface area contributed by atoms with Crippen LogP contribution in [0, 0.1) is 24.1 Å². The Bertz CT molecular complexity index is 1430. The lowest BCUT2D eigenvalue weighted by Crippen LogP contribution is -2.44. The maximum Gasteiger partial charge on any atom is 0.314 e. The van der Waals surface area contributed by atoms with Crippen LogP contribution >= 0.6 is 0 Å². The van der Waals surface area contributed by atoms with Crippen molar-refractivity contribution in [2.45, 2.75) is 38.8 Å². The molecule has 1 saturated heterocycles. The highest BCUT2D eigenvalue weighted by atomic mass is 19.1. The number of esters is 1. The van der Waals surface area contributed by atoms with Gasteiger partial charge in [0.15, 0.2) is 11.6 Å². The number of methoxy groups -OCH3 is 2. The summed E-state index contributed by atoms with van der Waals surface area (Å²) < 4.78 is 32.1. The highest BCUT2D eigenvalue weighted by molar-refractivity contribution is 5.84.